The molecular formula is C15H17BrClFN2S. The highest BCUT2D eigenvalue weighted by Crippen LogP contribution is 2.39. The Morgan fingerprint density at radius 1 is 1.43 bits per heavy atom. The number of benzene rings is 1. The van der Waals surface area contributed by atoms with E-state index in [1.54, 1.807) is 12.1 Å². The van der Waals surface area contributed by atoms with Crippen LogP contribution in [0.5, 0.6) is 0 Å². The molecular weight excluding hydrogens is 375 g/mol. The molecule has 21 heavy (non-hydrogen) atoms. The van der Waals surface area contributed by atoms with Gasteiger partial charge in [0.1, 0.15) is 11.6 Å². The zero-order valence-electron chi connectivity index (χ0n) is 11.8. The van der Waals surface area contributed by atoms with Gasteiger partial charge in [-0.25, -0.2) is 9.37 Å². The molecule has 1 aliphatic carbocycles. The topological polar surface area (TPSA) is 17.8 Å². The lowest BCUT2D eigenvalue weighted by atomic mass is 9.94. The Morgan fingerprint density at radius 3 is 2.90 bits per heavy atom. The first-order chi connectivity index (χ1) is 10.2. The molecule has 3 rings (SSSR count). The molecule has 0 saturated heterocycles. The van der Waals surface area contributed by atoms with E-state index in [1.807, 2.05) is 11.8 Å². The molecule has 0 aliphatic heterocycles. The summed E-state index contributed by atoms with van der Waals surface area (Å²) in [5.74, 6) is 0.947. The molecule has 6 heteroatoms. The summed E-state index contributed by atoms with van der Waals surface area (Å²) >= 11 is 11.2. The first kappa shape index (κ1) is 15.6. The lowest BCUT2D eigenvalue weighted by Gasteiger charge is -2.32. The number of rotatable bonds is 3. The highest BCUT2D eigenvalue weighted by Gasteiger charge is 2.29. The van der Waals surface area contributed by atoms with E-state index in [9.17, 15) is 4.39 Å². The fourth-order valence-corrected chi connectivity index (χ4v) is 4.75. The number of nitrogens with zero attached hydrogens (tertiary/aromatic N) is 2. The largest absolute Gasteiger partial charge is 0.323 e. The first-order valence-electron chi connectivity index (χ1n) is 7.10. The number of alkyl halides is 1. The van der Waals surface area contributed by atoms with Crippen LogP contribution in [-0.2, 0) is 5.88 Å². The molecule has 2 aromatic rings. The molecule has 1 aromatic heterocycles. The average Bonchev–Trinajstić information content (AvgIpc) is 2.85. The van der Waals surface area contributed by atoms with Crippen molar-refractivity contribution in [1.29, 1.82) is 0 Å². The van der Waals surface area contributed by atoms with E-state index in [0.29, 0.717) is 21.6 Å². The van der Waals surface area contributed by atoms with Crippen molar-refractivity contribution in [2.75, 3.05) is 6.26 Å². The standard InChI is InChI=1S/C15H17BrClFN2S/c1-21-14-5-3-2-4-12(14)20-13-7-10(18)9(16)6-11(13)19-15(20)8-17/h6-7,12,14H,2-5,8H2,1H3. The number of hydrogen-bond donors (Lipinski definition) is 0. The lowest BCUT2D eigenvalue weighted by Crippen LogP contribution is -2.26. The van der Waals surface area contributed by atoms with E-state index in [1.165, 1.54) is 19.3 Å². The SMILES string of the molecule is CSC1CCCCC1n1c(CCl)nc2cc(Br)c(F)cc21. The van der Waals surface area contributed by atoms with Gasteiger partial charge in [0.05, 0.1) is 21.4 Å². The molecule has 1 saturated carbocycles. The Labute approximate surface area is 141 Å². The maximum absolute atomic E-state index is 14.0. The molecule has 1 heterocycles. The van der Waals surface area contributed by atoms with Crippen LogP contribution in [0, 0.1) is 5.82 Å². The number of fused-ring (bicyclic) bond motifs is 1. The first-order valence-corrected chi connectivity index (χ1v) is 9.72. The fourth-order valence-electron chi connectivity index (χ4n) is 3.25. The van der Waals surface area contributed by atoms with Crippen molar-refractivity contribution in [2.24, 2.45) is 0 Å². The molecule has 0 spiro atoms. The zero-order chi connectivity index (χ0) is 15.0. The third-order valence-electron chi connectivity index (χ3n) is 4.23. The Kier molecular flexibility index (Phi) is 4.81. The summed E-state index contributed by atoms with van der Waals surface area (Å²) in [7, 11) is 0. The maximum atomic E-state index is 14.0. The third-order valence-corrected chi connectivity index (χ3v) is 6.23. The van der Waals surface area contributed by atoms with Crippen LogP contribution in [0.25, 0.3) is 11.0 Å². The number of thioether (sulfide) groups is 1. The van der Waals surface area contributed by atoms with Gasteiger partial charge in [0, 0.05) is 17.4 Å². The monoisotopic (exact) mass is 390 g/mol. The number of halogens is 3. The van der Waals surface area contributed by atoms with Crippen molar-refractivity contribution in [3.05, 3.63) is 28.2 Å². The van der Waals surface area contributed by atoms with Crippen LogP contribution in [0.1, 0.15) is 37.5 Å². The van der Waals surface area contributed by atoms with E-state index in [-0.39, 0.29) is 5.82 Å². The zero-order valence-corrected chi connectivity index (χ0v) is 14.9. The molecule has 1 aromatic carbocycles. The van der Waals surface area contributed by atoms with Crippen LogP contribution in [-0.4, -0.2) is 21.1 Å². The van der Waals surface area contributed by atoms with Crippen molar-refractivity contribution in [1.82, 2.24) is 9.55 Å². The summed E-state index contributed by atoms with van der Waals surface area (Å²) in [6.45, 7) is 0. The highest BCUT2D eigenvalue weighted by molar-refractivity contribution is 9.10. The van der Waals surface area contributed by atoms with Crippen LogP contribution in [0.15, 0.2) is 16.6 Å². The molecule has 1 fully saturated rings. The van der Waals surface area contributed by atoms with Gasteiger partial charge >= 0.3 is 0 Å². The Balaban J connectivity index is 2.17. The summed E-state index contributed by atoms with van der Waals surface area (Å²) in [4.78, 5) is 4.60. The van der Waals surface area contributed by atoms with Crippen molar-refractivity contribution in [3.63, 3.8) is 0 Å². The smallest absolute Gasteiger partial charge is 0.139 e. The quantitative estimate of drug-likeness (QED) is 0.641. The van der Waals surface area contributed by atoms with Gasteiger partial charge in [-0.3, -0.25) is 0 Å². The second-order valence-electron chi connectivity index (χ2n) is 5.41. The van der Waals surface area contributed by atoms with Crippen molar-refractivity contribution >= 4 is 50.3 Å². The van der Waals surface area contributed by atoms with Crippen LogP contribution in [0.2, 0.25) is 0 Å². The number of aromatic nitrogens is 2. The average molecular weight is 392 g/mol. The van der Waals surface area contributed by atoms with Gasteiger partial charge in [-0.2, -0.15) is 11.8 Å². The third kappa shape index (κ3) is 2.84. The van der Waals surface area contributed by atoms with Crippen LogP contribution >= 0.6 is 39.3 Å². The minimum atomic E-state index is -0.249. The van der Waals surface area contributed by atoms with Crippen LogP contribution in [0.3, 0.4) is 0 Å². The molecule has 0 N–H and O–H groups in total. The fraction of sp³-hybridized carbons (Fsp3) is 0.533. The van der Waals surface area contributed by atoms with Gasteiger partial charge < -0.3 is 4.57 Å². The lowest BCUT2D eigenvalue weighted by molar-refractivity contribution is 0.366. The van der Waals surface area contributed by atoms with Gasteiger partial charge in [0.15, 0.2) is 0 Å². The van der Waals surface area contributed by atoms with Crippen molar-refractivity contribution < 1.29 is 4.39 Å². The molecule has 2 unspecified atom stereocenters. The van der Waals surface area contributed by atoms with Gasteiger partial charge in [-0.1, -0.05) is 12.8 Å². The van der Waals surface area contributed by atoms with E-state index in [2.05, 4.69) is 31.7 Å². The van der Waals surface area contributed by atoms with Gasteiger partial charge in [0.2, 0.25) is 0 Å². The van der Waals surface area contributed by atoms with Gasteiger partial charge in [-0.15, -0.1) is 11.6 Å². The summed E-state index contributed by atoms with van der Waals surface area (Å²) < 4.78 is 16.6. The van der Waals surface area contributed by atoms with E-state index in [4.69, 9.17) is 11.6 Å². The van der Waals surface area contributed by atoms with Crippen molar-refractivity contribution in [2.45, 2.75) is 42.9 Å². The van der Waals surface area contributed by atoms with Crippen LogP contribution in [0.4, 0.5) is 4.39 Å². The molecule has 1 aliphatic rings. The van der Waals surface area contributed by atoms with Crippen LogP contribution < -0.4 is 0 Å². The molecule has 2 nitrogen and oxygen atoms in total. The number of hydrogen-bond acceptors (Lipinski definition) is 2. The Hall–Kier alpha value is -0.260. The molecule has 0 radical (unpaired) electrons. The Bertz CT molecular complexity index is 661. The molecule has 0 amide bonds. The van der Waals surface area contributed by atoms with Gasteiger partial charge in [0.25, 0.3) is 0 Å². The van der Waals surface area contributed by atoms with Crippen molar-refractivity contribution in [3.8, 4) is 0 Å². The Morgan fingerprint density at radius 2 is 2.19 bits per heavy atom. The van der Waals surface area contributed by atoms with E-state index < -0.39 is 0 Å². The van der Waals surface area contributed by atoms with E-state index >= 15 is 0 Å². The summed E-state index contributed by atoms with van der Waals surface area (Å²) in [5, 5.41) is 0.546. The molecule has 2 atom stereocenters. The van der Waals surface area contributed by atoms with E-state index in [0.717, 1.165) is 23.3 Å². The second kappa shape index (κ2) is 6.47. The second-order valence-corrected chi connectivity index (χ2v) is 7.61. The summed E-state index contributed by atoms with van der Waals surface area (Å²) in [6.07, 6.45) is 6.94. The molecule has 0 bridgehead atoms. The predicted molar refractivity (Wildman–Crippen MR) is 91.8 cm³/mol. The summed E-state index contributed by atoms with van der Waals surface area (Å²) in [5.41, 5.74) is 1.67. The minimum absolute atomic E-state index is 0.249. The highest BCUT2D eigenvalue weighted by atomic mass is 79.9. The summed E-state index contributed by atoms with van der Waals surface area (Å²) in [6, 6.07) is 3.68. The molecule has 114 valence electrons. The maximum Gasteiger partial charge on any atom is 0.139 e. The number of imidazole rings is 1. The van der Waals surface area contributed by atoms with Gasteiger partial charge in [-0.05, 0) is 41.1 Å². The normalized spacial score (nSPS) is 22.9. The minimum Gasteiger partial charge on any atom is -0.323 e. The predicted octanol–water partition coefficient (Wildman–Crippen LogP) is 5.52.